The van der Waals surface area contributed by atoms with Gasteiger partial charge in [0.2, 0.25) is 0 Å². The van der Waals surface area contributed by atoms with Crippen LogP contribution in [0, 0.1) is 0 Å². The molecule has 4 heteroatoms. The van der Waals surface area contributed by atoms with E-state index in [2.05, 4.69) is 29.8 Å². The average molecular weight is 322 g/mol. The number of rotatable bonds is 6. The number of benzene rings is 1. The van der Waals surface area contributed by atoms with Gasteiger partial charge in [0.05, 0.1) is 17.7 Å². The average Bonchev–Trinajstić information content (AvgIpc) is 2.36. The molecule has 1 rings (SSSR count). The predicted octanol–water partition coefficient (Wildman–Crippen LogP) is 4.76. The zero-order valence-electron chi connectivity index (χ0n) is 10.4. The highest BCUT2D eigenvalue weighted by atomic mass is 79.9. The summed E-state index contributed by atoms with van der Waals surface area (Å²) in [4.78, 5) is 0. The molecule has 0 aliphatic heterocycles. The van der Waals surface area contributed by atoms with Crippen LogP contribution in [0.25, 0.3) is 0 Å². The van der Waals surface area contributed by atoms with Crippen LogP contribution in [0.15, 0.2) is 16.6 Å². The zero-order chi connectivity index (χ0) is 12.8. The van der Waals surface area contributed by atoms with Gasteiger partial charge in [0, 0.05) is 5.88 Å². The van der Waals surface area contributed by atoms with Crippen LogP contribution in [0.4, 0.5) is 0 Å². The van der Waals surface area contributed by atoms with Gasteiger partial charge in [-0.15, -0.1) is 11.6 Å². The fourth-order valence-corrected chi connectivity index (χ4v) is 2.32. The summed E-state index contributed by atoms with van der Waals surface area (Å²) in [5, 5.41) is 0. The quantitative estimate of drug-likeness (QED) is 0.703. The van der Waals surface area contributed by atoms with Gasteiger partial charge in [-0.05, 0) is 46.5 Å². The maximum atomic E-state index is 5.95. The summed E-state index contributed by atoms with van der Waals surface area (Å²) in [5.74, 6) is 1.94. The van der Waals surface area contributed by atoms with E-state index in [1.807, 2.05) is 12.1 Å². The lowest BCUT2D eigenvalue weighted by Gasteiger charge is -2.19. The molecule has 0 amide bonds. The number of ether oxygens (including phenoxy) is 2. The minimum absolute atomic E-state index is 0.210. The topological polar surface area (TPSA) is 18.5 Å². The SMILES string of the molecule is CCC(CC)Oc1c(Br)cc(CCl)cc1OC. The molecule has 0 atom stereocenters. The summed E-state index contributed by atoms with van der Waals surface area (Å²) in [6, 6.07) is 3.88. The van der Waals surface area contributed by atoms with Crippen molar-refractivity contribution >= 4 is 27.5 Å². The highest BCUT2D eigenvalue weighted by Crippen LogP contribution is 2.38. The van der Waals surface area contributed by atoms with Crippen molar-refractivity contribution in [1.29, 1.82) is 0 Å². The maximum absolute atomic E-state index is 5.95. The lowest BCUT2D eigenvalue weighted by molar-refractivity contribution is 0.183. The predicted molar refractivity (Wildman–Crippen MR) is 75.2 cm³/mol. The molecule has 0 heterocycles. The molecule has 0 aromatic heterocycles. The van der Waals surface area contributed by atoms with E-state index in [4.69, 9.17) is 21.1 Å². The fraction of sp³-hybridized carbons (Fsp3) is 0.538. The molecule has 0 saturated carbocycles. The molecule has 0 unspecified atom stereocenters. The van der Waals surface area contributed by atoms with E-state index in [0.29, 0.717) is 5.88 Å². The summed E-state index contributed by atoms with van der Waals surface area (Å²) in [7, 11) is 1.64. The Balaban J connectivity index is 3.04. The summed E-state index contributed by atoms with van der Waals surface area (Å²) >= 11 is 9.33. The lowest BCUT2D eigenvalue weighted by Crippen LogP contribution is -2.14. The van der Waals surface area contributed by atoms with Crippen molar-refractivity contribution in [3.8, 4) is 11.5 Å². The molecule has 2 nitrogen and oxygen atoms in total. The Morgan fingerprint density at radius 1 is 1.29 bits per heavy atom. The van der Waals surface area contributed by atoms with Crippen LogP contribution >= 0.6 is 27.5 Å². The molecule has 0 aliphatic carbocycles. The van der Waals surface area contributed by atoms with Crippen molar-refractivity contribution in [3.63, 3.8) is 0 Å². The smallest absolute Gasteiger partial charge is 0.175 e. The molecule has 96 valence electrons. The molecule has 17 heavy (non-hydrogen) atoms. The Morgan fingerprint density at radius 2 is 1.94 bits per heavy atom. The van der Waals surface area contributed by atoms with E-state index in [9.17, 15) is 0 Å². The van der Waals surface area contributed by atoms with Gasteiger partial charge >= 0.3 is 0 Å². The van der Waals surface area contributed by atoms with Crippen molar-refractivity contribution in [1.82, 2.24) is 0 Å². The van der Waals surface area contributed by atoms with E-state index in [1.165, 1.54) is 0 Å². The highest BCUT2D eigenvalue weighted by Gasteiger charge is 2.15. The van der Waals surface area contributed by atoms with Crippen LogP contribution in [0.2, 0.25) is 0 Å². The Morgan fingerprint density at radius 3 is 2.41 bits per heavy atom. The summed E-state index contributed by atoms with van der Waals surface area (Å²) in [6.45, 7) is 4.23. The molecule has 0 aliphatic rings. The first kappa shape index (κ1) is 14.7. The van der Waals surface area contributed by atoms with Crippen molar-refractivity contribution in [2.75, 3.05) is 7.11 Å². The number of alkyl halides is 1. The summed E-state index contributed by atoms with van der Waals surface area (Å²) in [5.41, 5.74) is 1.01. The van der Waals surface area contributed by atoms with Gasteiger partial charge in [0.25, 0.3) is 0 Å². The van der Waals surface area contributed by atoms with Gasteiger partial charge in [-0.1, -0.05) is 13.8 Å². The van der Waals surface area contributed by atoms with Gasteiger partial charge < -0.3 is 9.47 Å². The molecule has 1 aromatic rings. The lowest BCUT2D eigenvalue weighted by atomic mass is 10.2. The highest BCUT2D eigenvalue weighted by molar-refractivity contribution is 9.10. The second-order valence-corrected chi connectivity index (χ2v) is 4.92. The summed E-state index contributed by atoms with van der Waals surface area (Å²) in [6.07, 6.45) is 2.16. The van der Waals surface area contributed by atoms with Gasteiger partial charge in [0.1, 0.15) is 0 Å². The second-order valence-electron chi connectivity index (χ2n) is 3.80. The van der Waals surface area contributed by atoms with Crippen LogP contribution in [0.3, 0.4) is 0 Å². The minimum Gasteiger partial charge on any atom is -0.493 e. The maximum Gasteiger partial charge on any atom is 0.175 e. The zero-order valence-corrected chi connectivity index (χ0v) is 12.8. The van der Waals surface area contributed by atoms with E-state index in [1.54, 1.807) is 7.11 Å². The Hall–Kier alpha value is -0.410. The number of halogens is 2. The molecule has 0 radical (unpaired) electrons. The van der Waals surface area contributed by atoms with E-state index in [-0.39, 0.29) is 6.10 Å². The number of hydrogen-bond donors (Lipinski definition) is 0. The third kappa shape index (κ3) is 3.78. The molecule has 0 N–H and O–H groups in total. The van der Waals surface area contributed by atoms with Crippen LogP contribution in [-0.4, -0.2) is 13.2 Å². The minimum atomic E-state index is 0.210. The third-order valence-corrected chi connectivity index (χ3v) is 3.54. The van der Waals surface area contributed by atoms with Gasteiger partial charge in [-0.3, -0.25) is 0 Å². The molecule has 1 aromatic carbocycles. The van der Waals surface area contributed by atoms with Crippen molar-refractivity contribution in [2.45, 2.75) is 38.7 Å². The first-order valence-electron chi connectivity index (χ1n) is 5.75. The molecule has 0 spiro atoms. The Labute approximate surface area is 116 Å². The standard InChI is InChI=1S/C13H18BrClO2/c1-4-10(5-2)17-13-11(14)6-9(8-15)7-12(13)16-3/h6-7,10H,4-5,8H2,1-3H3. The normalized spacial score (nSPS) is 10.7. The van der Waals surface area contributed by atoms with Crippen molar-refractivity contribution < 1.29 is 9.47 Å². The fourth-order valence-electron chi connectivity index (χ4n) is 1.59. The van der Waals surface area contributed by atoms with Crippen LogP contribution in [0.5, 0.6) is 11.5 Å². The Bertz CT molecular complexity index is 365. The number of hydrogen-bond acceptors (Lipinski definition) is 2. The Kier molecular flexibility index (Phi) is 6.14. The van der Waals surface area contributed by atoms with E-state index >= 15 is 0 Å². The first-order valence-corrected chi connectivity index (χ1v) is 7.07. The second kappa shape index (κ2) is 7.12. The van der Waals surface area contributed by atoms with Crippen molar-refractivity contribution in [3.05, 3.63) is 22.2 Å². The van der Waals surface area contributed by atoms with Crippen LogP contribution < -0.4 is 9.47 Å². The third-order valence-electron chi connectivity index (χ3n) is 2.64. The molecule has 0 fully saturated rings. The van der Waals surface area contributed by atoms with Gasteiger partial charge in [0.15, 0.2) is 11.5 Å². The van der Waals surface area contributed by atoms with Crippen LogP contribution in [0.1, 0.15) is 32.3 Å². The molecular weight excluding hydrogens is 303 g/mol. The van der Waals surface area contributed by atoms with E-state index in [0.717, 1.165) is 34.4 Å². The first-order chi connectivity index (χ1) is 8.15. The van der Waals surface area contributed by atoms with Gasteiger partial charge in [-0.25, -0.2) is 0 Å². The van der Waals surface area contributed by atoms with Crippen LogP contribution in [-0.2, 0) is 5.88 Å². The van der Waals surface area contributed by atoms with Gasteiger partial charge in [-0.2, -0.15) is 0 Å². The summed E-state index contributed by atoms with van der Waals surface area (Å²) < 4.78 is 12.2. The van der Waals surface area contributed by atoms with Crippen molar-refractivity contribution in [2.24, 2.45) is 0 Å². The largest absolute Gasteiger partial charge is 0.493 e. The molecule has 0 saturated heterocycles. The van der Waals surface area contributed by atoms with E-state index < -0.39 is 0 Å². The monoisotopic (exact) mass is 320 g/mol. The molecular formula is C13H18BrClO2. The number of methoxy groups -OCH3 is 1. The molecule has 0 bridgehead atoms.